The van der Waals surface area contributed by atoms with E-state index in [1.54, 1.807) is 0 Å². The topological polar surface area (TPSA) is 16.4 Å². The molecular weight excluding hydrogens is 651 g/mol. The van der Waals surface area contributed by atoms with Gasteiger partial charge in [-0.15, -0.1) is 11.3 Å². The number of nitrogens with zero attached hydrogens (tertiary/aromatic N) is 1. The first-order valence-corrected chi connectivity index (χ1v) is 18.6. The fourth-order valence-electron chi connectivity index (χ4n) is 8.85. The number of anilines is 3. The molecule has 0 saturated carbocycles. The van der Waals surface area contributed by atoms with Crippen molar-refractivity contribution >= 4 is 70.5 Å². The number of hydrogen-bond acceptors (Lipinski definition) is 3. The zero-order chi connectivity index (χ0) is 34.2. The maximum atomic E-state index is 7.02. The van der Waals surface area contributed by atoms with E-state index in [1.165, 1.54) is 48.0 Å². The number of para-hydroxylation sites is 2. The van der Waals surface area contributed by atoms with Gasteiger partial charge < -0.3 is 9.32 Å². The average molecular weight is 682 g/mol. The zero-order valence-electron chi connectivity index (χ0n) is 28.2. The van der Waals surface area contributed by atoms with Crippen LogP contribution in [0, 0.1) is 0 Å². The fraction of sp³-hybridized carbons (Fsp3) is 0.0204. The quantitative estimate of drug-likeness (QED) is 0.180. The molecule has 2 aromatic heterocycles. The van der Waals surface area contributed by atoms with Gasteiger partial charge in [0.1, 0.15) is 11.2 Å². The molecule has 3 heteroatoms. The van der Waals surface area contributed by atoms with Crippen LogP contribution >= 0.6 is 11.3 Å². The maximum absolute atomic E-state index is 7.02. The van der Waals surface area contributed by atoms with Crippen LogP contribution in [-0.4, -0.2) is 0 Å². The summed E-state index contributed by atoms with van der Waals surface area (Å²) in [6.45, 7) is 0. The van der Waals surface area contributed by atoms with Crippen molar-refractivity contribution in [1.29, 1.82) is 0 Å². The molecule has 244 valence electrons. The lowest BCUT2D eigenvalue weighted by Crippen LogP contribution is -2.28. The number of fused-ring (bicyclic) bond motifs is 9. The molecule has 10 aromatic rings. The molecule has 0 atom stereocenters. The molecule has 1 aliphatic carbocycles. The summed E-state index contributed by atoms with van der Waals surface area (Å²) in [5, 5.41) is 4.76. The van der Waals surface area contributed by atoms with Gasteiger partial charge in [-0.25, -0.2) is 0 Å². The highest BCUT2D eigenvalue weighted by atomic mass is 32.1. The van der Waals surface area contributed by atoms with Crippen molar-refractivity contribution in [3.8, 4) is 11.1 Å². The second kappa shape index (κ2) is 11.3. The van der Waals surface area contributed by atoms with Crippen molar-refractivity contribution in [1.82, 2.24) is 0 Å². The smallest absolute Gasteiger partial charge is 0.140 e. The van der Waals surface area contributed by atoms with Gasteiger partial charge in [0.2, 0.25) is 0 Å². The molecule has 0 N–H and O–H groups in total. The molecule has 2 nitrogen and oxygen atoms in total. The highest BCUT2D eigenvalue weighted by molar-refractivity contribution is 7.26. The van der Waals surface area contributed by atoms with Crippen LogP contribution in [0.4, 0.5) is 17.1 Å². The Balaban J connectivity index is 1.18. The van der Waals surface area contributed by atoms with Crippen molar-refractivity contribution in [2.24, 2.45) is 0 Å². The minimum Gasteiger partial charge on any atom is -0.456 e. The van der Waals surface area contributed by atoms with Gasteiger partial charge in [-0.2, -0.15) is 0 Å². The molecular formula is C49H31NOS. The van der Waals surface area contributed by atoms with Crippen LogP contribution in [0.25, 0.3) is 53.2 Å². The van der Waals surface area contributed by atoms with Gasteiger partial charge in [0.05, 0.1) is 11.1 Å². The van der Waals surface area contributed by atoms with Gasteiger partial charge in [0.15, 0.2) is 0 Å². The second-order valence-corrected chi connectivity index (χ2v) is 14.7. The second-order valence-electron chi connectivity index (χ2n) is 13.6. The molecule has 0 radical (unpaired) electrons. The summed E-state index contributed by atoms with van der Waals surface area (Å²) in [5.74, 6) is 0. The van der Waals surface area contributed by atoms with Crippen LogP contribution < -0.4 is 4.90 Å². The summed E-state index contributed by atoms with van der Waals surface area (Å²) in [6, 6.07) is 68.2. The molecule has 0 amide bonds. The average Bonchev–Trinajstić information content (AvgIpc) is 3.88. The minimum atomic E-state index is -0.545. The van der Waals surface area contributed by atoms with Crippen LogP contribution in [0.3, 0.4) is 0 Å². The predicted octanol–water partition coefficient (Wildman–Crippen LogP) is 13.8. The highest BCUT2D eigenvalue weighted by Crippen LogP contribution is 2.57. The highest BCUT2D eigenvalue weighted by Gasteiger charge is 2.47. The first-order valence-electron chi connectivity index (χ1n) is 17.8. The van der Waals surface area contributed by atoms with E-state index in [2.05, 4.69) is 193 Å². The van der Waals surface area contributed by atoms with Gasteiger partial charge in [-0.05, 0) is 76.3 Å². The third kappa shape index (κ3) is 4.06. The van der Waals surface area contributed by atoms with Crippen LogP contribution in [0.5, 0.6) is 0 Å². The Morgan fingerprint density at radius 3 is 1.85 bits per heavy atom. The number of hydrogen-bond donors (Lipinski definition) is 0. The fourth-order valence-corrected chi connectivity index (χ4v) is 9.97. The first kappa shape index (κ1) is 29.3. The summed E-state index contributed by atoms with van der Waals surface area (Å²) in [7, 11) is 0. The van der Waals surface area contributed by atoms with Gasteiger partial charge in [-0.3, -0.25) is 0 Å². The standard InChI is InChI=1S/C49H31NOS/c1-3-15-32(16-4-1)49(40-23-10-7-19-35(40)36-20-8-11-24-41(36)49)42-25-13-22-37-39-31-34(29-30-44(39)51-48(37)42)50(33-17-5-2-6-18-33)43-26-14-28-46-47(43)38-21-9-12-27-45(38)52-46/h1-31H. The van der Waals surface area contributed by atoms with Gasteiger partial charge in [0.25, 0.3) is 0 Å². The van der Waals surface area contributed by atoms with E-state index in [9.17, 15) is 0 Å². The summed E-state index contributed by atoms with van der Waals surface area (Å²) in [6.07, 6.45) is 0. The zero-order valence-corrected chi connectivity index (χ0v) is 29.0. The first-order chi connectivity index (χ1) is 25.8. The summed E-state index contributed by atoms with van der Waals surface area (Å²) >= 11 is 1.85. The van der Waals surface area contributed by atoms with Gasteiger partial charge in [0, 0.05) is 47.9 Å². The van der Waals surface area contributed by atoms with Crippen LogP contribution in [0.1, 0.15) is 22.3 Å². The molecule has 11 rings (SSSR count). The van der Waals surface area contributed by atoms with E-state index < -0.39 is 5.41 Å². The Morgan fingerprint density at radius 1 is 0.442 bits per heavy atom. The molecule has 1 aliphatic rings. The number of furan rings is 1. The predicted molar refractivity (Wildman–Crippen MR) is 219 cm³/mol. The van der Waals surface area contributed by atoms with Crippen molar-refractivity contribution < 1.29 is 4.42 Å². The Kier molecular flexibility index (Phi) is 6.37. The lowest BCUT2D eigenvalue weighted by molar-refractivity contribution is 0.648. The third-order valence-corrected chi connectivity index (χ3v) is 12.1. The van der Waals surface area contributed by atoms with Gasteiger partial charge in [-0.1, -0.05) is 140 Å². The van der Waals surface area contributed by atoms with E-state index in [0.717, 1.165) is 44.6 Å². The Morgan fingerprint density at radius 2 is 1.06 bits per heavy atom. The van der Waals surface area contributed by atoms with Crippen LogP contribution in [0.2, 0.25) is 0 Å². The Labute approximate surface area is 305 Å². The molecule has 2 heterocycles. The molecule has 8 aromatic carbocycles. The van der Waals surface area contributed by atoms with Crippen molar-refractivity contribution in [3.05, 3.63) is 210 Å². The van der Waals surface area contributed by atoms with E-state index in [0.29, 0.717) is 0 Å². The van der Waals surface area contributed by atoms with Crippen molar-refractivity contribution in [3.63, 3.8) is 0 Å². The van der Waals surface area contributed by atoms with E-state index >= 15 is 0 Å². The SMILES string of the molecule is c1ccc(N(c2ccc3oc4c(C5(c6ccccc6)c6ccccc6-c6ccccc65)cccc4c3c2)c2cccc3sc4ccccc4c23)cc1. The lowest BCUT2D eigenvalue weighted by atomic mass is 9.67. The number of benzene rings is 8. The Bertz CT molecular complexity index is 2930. The molecule has 0 fully saturated rings. The van der Waals surface area contributed by atoms with Crippen molar-refractivity contribution in [2.75, 3.05) is 4.90 Å². The van der Waals surface area contributed by atoms with Gasteiger partial charge >= 0.3 is 0 Å². The van der Waals surface area contributed by atoms with Crippen molar-refractivity contribution in [2.45, 2.75) is 5.41 Å². The molecule has 52 heavy (non-hydrogen) atoms. The molecule has 0 aliphatic heterocycles. The van der Waals surface area contributed by atoms with E-state index in [-0.39, 0.29) is 0 Å². The lowest BCUT2D eigenvalue weighted by Gasteiger charge is -2.33. The summed E-state index contributed by atoms with van der Waals surface area (Å²) in [5.41, 5.74) is 12.1. The minimum absolute atomic E-state index is 0.545. The summed E-state index contributed by atoms with van der Waals surface area (Å²) < 4.78 is 9.59. The Hall–Kier alpha value is -6.42. The summed E-state index contributed by atoms with van der Waals surface area (Å²) in [4.78, 5) is 2.40. The monoisotopic (exact) mass is 681 g/mol. The van der Waals surface area contributed by atoms with E-state index in [1.807, 2.05) is 11.3 Å². The van der Waals surface area contributed by atoms with Crippen LogP contribution in [0.15, 0.2) is 192 Å². The number of thiophene rings is 1. The normalized spacial score (nSPS) is 13.2. The molecule has 0 bridgehead atoms. The van der Waals surface area contributed by atoms with Crippen LogP contribution in [-0.2, 0) is 5.41 Å². The number of rotatable bonds is 5. The maximum Gasteiger partial charge on any atom is 0.140 e. The van der Waals surface area contributed by atoms with E-state index in [4.69, 9.17) is 4.42 Å². The largest absolute Gasteiger partial charge is 0.456 e. The molecule has 0 spiro atoms. The molecule has 0 saturated heterocycles. The molecule has 0 unspecified atom stereocenters. The third-order valence-electron chi connectivity index (χ3n) is 10.9.